The maximum atomic E-state index is 13.6. The zero-order valence-corrected chi connectivity index (χ0v) is 13.5. The van der Waals surface area contributed by atoms with Crippen LogP contribution in [-0.2, 0) is 0 Å². The lowest BCUT2D eigenvalue weighted by atomic mass is 9.92. The van der Waals surface area contributed by atoms with E-state index in [1.165, 1.54) is 5.56 Å². The molecule has 0 saturated carbocycles. The van der Waals surface area contributed by atoms with Gasteiger partial charge < -0.3 is 5.32 Å². The van der Waals surface area contributed by atoms with E-state index in [2.05, 4.69) is 31.0 Å². The maximum Gasteiger partial charge on any atom is 0.123 e. The fraction of sp³-hybridized carbons (Fsp3) is 0.625. The van der Waals surface area contributed by atoms with E-state index in [1.54, 1.807) is 12.1 Å². The van der Waals surface area contributed by atoms with Crippen molar-refractivity contribution >= 4 is 12.4 Å². The van der Waals surface area contributed by atoms with Gasteiger partial charge in [0.2, 0.25) is 0 Å². The normalized spacial score (nSPS) is 17.9. The van der Waals surface area contributed by atoms with Crippen molar-refractivity contribution < 1.29 is 4.39 Å². The Morgan fingerprint density at radius 1 is 1.25 bits per heavy atom. The Balaban J connectivity index is 0.00000200. The molecule has 2 rings (SSSR count). The number of hydrogen-bond acceptors (Lipinski definition) is 2. The lowest BCUT2D eigenvalue weighted by molar-refractivity contribution is 0.153. The highest BCUT2D eigenvalue weighted by atomic mass is 35.5. The first kappa shape index (κ1) is 17.4. The predicted octanol–water partition coefficient (Wildman–Crippen LogP) is 3.55. The minimum Gasteiger partial charge on any atom is -0.314 e. The van der Waals surface area contributed by atoms with Gasteiger partial charge in [-0.15, -0.1) is 12.4 Å². The Kier molecular flexibility index (Phi) is 6.93. The summed E-state index contributed by atoms with van der Waals surface area (Å²) >= 11 is 0. The van der Waals surface area contributed by atoms with Gasteiger partial charge in [-0.05, 0) is 42.5 Å². The molecule has 1 saturated heterocycles. The molecule has 0 unspecified atom stereocenters. The average Bonchev–Trinajstić information content (AvgIpc) is 2.40. The Hall–Kier alpha value is -0.640. The molecular weight excluding hydrogens is 275 g/mol. The molecule has 1 aliphatic heterocycles. The number of nitrogens with one attached hydrogen (secondary N) is 1. The molecule has 2 nitrogen and oxygen atoms in total. The monoisotopic (exact) mass is 300 g/mol. The lowest BCUT2D eigenvalue weighted by Gasteiger charge is -2.37. The van der Waals surface area contributed by atoms with Crippen LogP contribution >= 0.6 is 12.4 Å². The fourth-order valence-corrected chi connectivity index (χ4v) is 2.88. The number of halogens is 2. The smallest absolute Gasteiger partial charge is 0.123 e. The maximum absolute atomic E-state index is 13.6. The summed E-state index contributed by atoms with van der Waals surface area (Å²) < 4.78 is 13.6. The summed E-state index contributed by atoms with van der Waals surface area (Å²) in [5.74, 6) is 0.493. The molecule has 1 aromatic rings. The molecule has 20 heavy (non-hydrogen) atoms. The van der Waals surface area contributed by atoms with Crippen molar-refractivity contribution in [3.8, 4) is 0 Å². The van der Waals surface area contributed by atoms with E-state index in [9.17, 15) is 4.39 Å². The standard InChI is InChI=1S/C16H25FN2.ClH/c1-12(2)10-16(19-8-6-18-7-9-19)15-11-14(17)5-4-13(15)3;/h4-5,11-12,16,18H,6-10H2,1-3H3;1H/t16-;/m1./s1. The van der Waals surface area contributed by atoms with E-state index >= 15 is 0 Å². The zero-order valence-electron chi connectivity index (χ0n) is 12.7. The van der Waals surface area contributed by atoms with Crippen LogP contribution in [-0.4, -0.2) is 31.1 Å². The topological polar surface area (TPSA) is 15.3 Å². The molecule has 1 aromatic carbocycles. The van der Waals surface area contributed by atoms with E-state index in [-0.39, 0.29) is 18.2 Å². The summed E-state index contributed by atoms with van der Waals surface area (Å²) in [6.45, 7) is 10.7. The van der Waals surface area contributed by atoms with Crippen molar-refractivity contribution in [1.29, 1.82) is 0 Å². The highest BCUT2D eigenvalue weighted by molar-refractivity contribution is 5.85. The molecule has 0 spiro atoms. The minimum atomic E-state index is -0.121. The molecular formula is C16H26ClFN2. The van der Waals surface area contributed by atoms with Gasteiger partial charge in [-0.3, -0.25) is 4.90 Å². The molecule has 1 atom stereocenters. The summed E-state index contributed by atoms with van der Waals surface area (Å²) in [6, 6.07) is 5.53. The van der Waals surface area contributed by atoms with Gasteiger partial charge >= 0.3 is 0 Å². The number of hydrogen-bond donors (Lipinski definition) is 1. The number of nitrogens with zero attached hydrogens (tertiary/aromatic N) is 1. The van der Waals surface area contributed by atoms with Crippen LogP contribution in [0.4, 0.5) is 4.39 Å². The highest BCUT2D eigenvalue weighted by Crippen LogP contribution is 2.30. The van der Waals surface area contributed by atoms with Crippen molar-refractivity contribution in [3.63, 3.8) is 0 Å². The molecule has 0 bridgehead atoms. The SMILES string of the molecule is Cc1ccc(F)cc1[C@@H](CC(C)C)N1CCNCC1.Cl. The van der Waals surface area contributed by atoms with Crippen molar-refractivity contribution in [3.05, 3.63) is 35.1 Å². The summed E-state index contributed by atoms with van der Waals surface area (Å²) in [7, 11) is 0. The van der Waals surface area contributed by atoms with E-state index in [4.69, 9.17) is 0 Å². The second-order valence-corrected chi connectivity index (χ2v) is 5.93. The second kappa shape index (κ2) is 7.96. The zero-order chi connectivity index (χ0) is 13.8. The van der Waals surface area contributed by atoms with Crippen LogP contribution in [0.3, 0.4) is 0 Å². The quantitative estimate of drug-likeness (QED) is 0.915. The molecule has 4 heteroatoms. The van der Waals surface area contributed by atoms with Crippen LogP contribution in [0.25, 0.3) is 0 Å². The van der Waals surface area contributed by atoms with Gasteiger partial charge in [-0.2, -0.15) is 0 Å². The van der Waals surface area contributed by atoms with Crippen LogP contribution in [0.2, 0.25) is 0 Å². The summed E-state index contributed by atoms with van der Waals surface area (Å²) in [5.41, 5.74) is 2.36. The number of piperazine rings is 1. The van der Waals surface area contributed by atoms with E-state index < -0.39 is 0 Å². The first-order chi connectivity index (χ1) is 9.08. The van der Waals surface area contributed by atoms with Crippen molar-refractivity contribution in [2.75, 3.05) is 26.2 Å². The molecule has 0 aliphatic carbocycles. The van der Waals surface area contributed by atoms with Gasteiger partial charge in [0, 0.05) is 32.2 Å². The van der Waals surface area contributed by atoms with Crippen LogP contribution in [0.1, 0.15) is 37.4 Å². The molecule has 1 heterocycles. The second-order valence-electron chi connectivity index (χ2n) is 5.93. The van der Waals surface area contributed by atoms with Crippen molar-refractivity contribution in [2.45, 2.75) is 33.2 Å². The third-order valence-corrected chi connectivity index (χ3v) is 3.89. The molecule has 1 aliphatic rings. The number of rotatable bonds is 4. The van der Waals surface area contributed by atoms with Crippen LogP contribution in [0, 0.1) is 18.7 Å². The molecule has 1 N–H and O–H groups in total. The summed E-state index contributed by atoms with van der Waals surface area (Å²) in [5, 5.41) is 3.38. The first-order valence-corrected chi connectivity index (χ1v) is 7.28. The van der Waals surface area contributed by atoms with Gasteiger partial charge in [0.15, 0.2) is 0 Å². The molecule has 0 amide bonds. The van der Waals surface area contributed by atoms with Gasteiger partial charge in [-0.1, -0.05) is 19.9 Å². The molecule has 114 valence electrons. The number of aryl methyl sites for hydroxylation is 1. The third-order valence-electron chi connectivity index (χ3n) is 3.89. The Morgan fingerprint density at radius 3 is 2.50 bits per heavy atom. The van der Waals surface area contributed by atoms with Gasteiger partial charge in [0.05, 0.1) is 0 Å². The molecule has 1 fully saturated rings. The van der Waals surface area contributed by atoms with Crippen molar-refractivity contribution in [1.82, 2.24) is 10.2 Å². The minimum absolute atomic E-state index is 0. The van der Waals surface area contributed by atoms with E-state index in [0.29, 0.717) is 12.0 Å². The molecule has 0 radical (unpaired) electrons. The fourth-order valence-electron chi connectivity index (χ4n) is 2.88. The van der Waals surface area contributed by atoms with Crippen LogP contribution < -0.4 is 5.32 Å². The largest absolute Gasteiger partial charge is 0.314 e. The van der Waals surface area contributed by atoms with Crippen molar-refractivity contribution in [2.24, 2.45) is 5.92 Å². The summed E-state index contributed by atoms with van der Waals surface area (Å²) in [6.07, 6.45) is 1.09. The van der Waals surface area contributed by atoms with E-state index in [0.717, 1.165) is 38.2 Å². The third kappa shape index (κ3) is 4.44. The highest BCUT2D eigenvalue weighted by Gasteiger charge is 2.24. The number of benzene rings is 1. The van der Waals surface area contributed by atoms with Crippen LogP contribution in [0.5, 0.6) is 0 Å². The van der Waals surface area contributed by atoms with Gasteiger partial charge in [-0.25, -0.2) is 4.39 Å². The van der Waals surface area contributed by atoms with E-state index in [1.807, 2.05) is 6.07 Å². The van der Waals surface area contributed by atoms with Gasteiger partial charge in [0.1, 0.15) is 5.82 Å². The Labute approximate surface area is 128 Å². The van der Waals surface area contributed by atoms with Crippen LogP contribution in [0.15, 0.2) is 18.2 Å². The lowest BCUT2D eigenvalue weighted by Crippen LogP contribution is -2.45. The average molecular weight is 301 g/mol. The Bertz CT molecular complexity index is 417. The Morgan fingerprint density at radius 2 is 1.90 bits per heavy atom. The van der Waals surface area contributed by atoms with Gasteiger partial charge in [0.25, 0.3) is 0 Å². The summed E-state index contributed by atoms with van der Waals surface area (Å²) in [4.78, 5) is 2.50. The first-order valence-electron chi connectivity index (χ1n) is 7.28. The predicted molar refractivity (Wildman–Crippen MR) is 85.0 cm³/mol. The molecule has 0 aromatic heterocycles.